The van der Waals surface area contributed by atoms with E-state index in [1.165, 1.54) is 11.3 Å². The largest absolute Gasteiger partial charge is 0.333 e. The maximum Gasteiger partial charge on any atom is 0.265 e. The van der Waals surface area contributed by atoms with Gasteiger partial charge in [0.2, 0.25) is 0 Å². The molecule has 0 atom stereocenters. The van der Waals surface area contributed by atoms with Crippen molar-refractivity contribution in [2.75, 3.05) is 13.1 Å². The number of hydrogen-bond acceptors (Lipinski definition) is 3. The highest BCUT2D eigenvalue weighted by atomic mass is 79.9. The third kappa shape index (κ3) is 2.46. The van der Waals surface area contributed by atoms with Crippen molar-refractivity contribution >= 4 is 33.2 Å². The van der Waals surface area contributed by atoms with Gasteiger partial charge in [0, 0.05) is 11.0 Å². The zero-order valence-corrected chi connectivity index (χ0v) is 10.8. The molecule has 1 aliphatic rings. The first kappa shape index (κ1) is 10.8. The molecule has 0 spiro atoms. The van der Waals surface area contributed by atoms with Crippen LogP contribution < -0.4 is 0 Å². The lowest BCUT2D eigenvalue weighted by molar-refractivity contribution is 0.0774. The molecule has 2 heterocycles. The minimum absolute atomic E-state index is 0.0886. The van der Waals surface area contributed by atoms with Crippen molar-refractivity contribution in [2.45, 2.75) is 13.3 Å². The molecule has 0 fully saturated rings. The zero-order valence-electron chi connectivity index (χ0n) is 8.36. The number of nitrogens with zero attached hydrogens (tertiary/aromatic N) is 2. The van der Waals surface area contributed by atoms with Crippen LogP contribution in [-0.2, 0) is 0 Å². The van der Waals surface area contributed by atoms with Gasteiger partial charge in [-0.3, -0.25) is 4.79 Å². The molecule has 80 valence electrons. The Bertz CT molecular complexity index is 413. The molecule has 0 bridgehead atoms. The van der Waals surface area contributed by atoms with Gasteiger partial charge in [0.1, 0.15) is 4.88 Å². The molecule has 2 rings (SSSR count). The average molecular weight is 287 g/mol. The Hall–Kier alpha value is -0.680. The molecular formula is C10H11BrN2OS. The molecular weight excluding hydrogens is 276 g/mol. The Balaban J connectivity index is 2.12. The number of aryl methyl sites for hydroxylation is 1. The lowest BCUT2D eigenvalue weighted by atomic mass is 10.2. The average Bonchev–Trinajstić information content (AvgIpc) is 2.64. The van der Waals surface area contributed by atoms with Crippen LogP contribution >= 0.6 is 27.3 Å². The zero-order chi connectivity index (χ0) is 10.8. The first-order valence-electron chi connectivity index (χ1n) is 4.73. The Kier molecular flexibility index (Phi) is 3.21. The Morgan fingerprint density at radius 3 is 3.07 bits per heavy atom. The van der Waals surface area contributed by atoms with Crippen LogP contribution in [0.25, 0.3) is 0 Å². The number of carbonyl (C=O) groups excluding carboxylic acids is 1. The van der Waals surface area contributed by atoms with E-state index in [1.807, 2.05) is 11.8 Å². The topological polar surface area (TPSA) is 33.2 Å². The van der Waals surface area contributed by atoms with Crippen LogP contribution in [0.2, 0.25) is 0 Å². The number of amides is 1. The molecule has 3 nitrogen and oxygen atoms in total. The number of aromatic nitrogens is 1. The summed E-state index contributed by atoms with van der Waals surface area (Å²) < 4.78 is 1.09. The summed E-state index contributed by atoms with van der Waals surface area (Å²) in [6, 6.07) is 0. The summed E-state index contributed by atoms with van der Waals surface area (Å²) in [5.74, 6) is 0.0886. The normalized spacial score (nSPS) is 16.4. The summed E-state index contributed by atoms with van der Waals surface area (Å²) in [7, 11) is 0. The van der Waals surface area contributed by atoms with Crippen LogP contribution in [0.4, 0.5) is 0 Å². The molecule has 0 unspecified atom stereocenters. The van der Waals surface area contributed by atoms with Crippen molar-refractivity contribution in [2.24, 2.45) is 0 Å². The third-order valence-corrected chi connectivity index (χ3v) is 3.70. The quantitative estimate of drug-likeness (QED) is 0.795. The lowest BCUT2D eigenvalue weighted by Crippen LogP contribution is -2.34. The van der Waals surface area contributed by atoms with Gasteiger partial charge in [-0.1, -0.05) is 22.0 Å². The number of thiazole rings is 1. The standard InChI is InChI=1S/C10H11BrN2OS/c1-7-12-5-9(15-7)10(14)13-4-2-3-8(11)6-13/h3,5H,2,4,6H2,1H3. The third-order valence-electron chi connectivity index (χ3n) is 2.23. The fourth-order valence-electron chi connectivity index (χ4n) is 1.49. The van der Waals surface area contributed by atoms with Gasteiger partial charge in [0.25, 0.3) is 5.91 Å². The highest BCUT2D eigenvalue weighted by Crippen LogP contribution is 2.19. The lowest BCUT2D eigenvalue weighted by Gasteiger charge is -2.24. The van der Waals surface area contributed by atoms with Crippen molar-refractivity contribution in [1.29, 1.82) is 0 Å². The summed E-state index contributed by atoms with van der Waals surface area (Å²) in [6.45, 7) is 3.38. The molecule has 5 heteroatoms. The second-order valence-corrected chi connectivity index (χ2v) is 5.66. The van der Waals surface area contributed by atoms with Gasteiger partial charge in [-0.2, -0.15) is 0 Å². The van der Waals surface area contributed by atoms with E-state index in [1.54, 1.807) is 6.20 Å². The van der Waals surface area contributed by atoms with Crippen LogP contribution in [0.3, 0.4) is 0 Å². The smallest absolute Gasteiger partial charge is 0.265 e. The van der Waals surface area contributed by atoms with E-state index < -0.39 is 0 Å². The first-order valence-corrected chi connectivity index (χ1v) is 6.34. The molecule has 0 aromatic carbocycles. The number of carbonyl (C=O) groups is 1. The Morgan fingerprint density at radius 2 is 2.47 bits per heavy atom. The Labute approximate surface area is 101 Å². The van der Waals surface area contributed by atoms with E-state index in [9.17, 15) is 4.79 Å². The van der Waals surface area contributed by atoms with Gasteiger partial charge in [-0.25, -0.2) is 4.98 Å². The van der Waals surface area contributed by atoms with Crippen LogP contribution in [0.1, 0.15) is 21.1 Å². The van der Waals surface area contributed by atoms with Gasteiger partial charge < -0.3 is 4.90 Å². The summed E-state index contributed by atoms with van der Waals surface area (Å²) in [5, 5.41) is 0.935. The van der Waals surface area contributed by atoms with Gasteiger partial charge in [0.15, 0.2) is 0 Å². The van der Waals surface area contributed by atoms with Gasteiger partial charge in [-0.15, -0.1) is 11.3 Å². The van der Waals surface area contributed by atoms with Crippen molar-refractivity contribution in [3.05, 3.63) is 26.6 Å². The van der Waals surface area contributed by atoms with Crippen LogP contribution in [0.15, 0.2) is 16.8 Å². The highest BCUT2D eigenvalue weighted by molar-refractivity contribution is 9.11. The van der Waals surface area contributed by atoms with Crippen LogP contribution in [0, 0.1) is 6.92 Å². The fourth-order valence-corrected chi connectivity index (χ4v) is 2.77. The molecule has 1 aliphatic heterocycles. The molecule has 0 N–H and O–H groups in total. The van der Waals surface area contributed by atoms with Crippen LogP contribution in [0.5, 0.6) is 0 Å². The summed E-state index contributed by atoms with van der Waals surface area (Å²) in [4.78, 5) is 18.7. The van der Waals surface area contributed by atoms with Crippen molar-refractivity contribution in [3.8, 4) is 0 Å². The molecule has 0 saturated heterocycles. The first-order chi connectivity index (χ1) is 7.16. The number of rotatable bonds is 1. The van der Waals surface area contributed by atoms with Crippen molar-refractivity contribution in [1.82, 2.24) is 9.88 Å². The number of halogens is 1. The molecule has 0 radical (unpaired) electrons. The van der Waals surface area contributed by atoms with E-state index in [0.29, 0.717) is 6.54 Å². The second kappa shape index (κ2) is 4.45. The van der Waals surface area contributed by atoms with E-state index in [-0.39, 0.29) is 5.91 Å². The molecule has 1 aromatic rings. The van der Waals surface area contributed by atoms with Crippen molar-refractivity contribution < 1.29 is 4.79 Å². The highest BCUT2D eigenvalue weighted by Gasteiger charge is 2.20. The maximum absolute atomic E-state index is 12.0. The van der Waals surface area contributed by atoms with Gasteiger partial charge in [-0.05, 0) is 13.3 Å². The molecule has 0 saturated carbocycles. The molecule has 0 aliphatic carbocycles. The van der Waals surface area contributed by atoms with Gasteiger partial charge >= 0.3 is 0 Å². The van der Waals surface area contributed by atoms with E-state index in [4.69, 9.17) is 0 Å². The SMILES string of the molecule is Cc1ncc(C(=O)N2CCC=C(Br)C2)s1. The summed E-state index contributed by atoms with van der Waals surface area (Å²) in [5.41, 5.74) is 0. The summed E-state index contributed by atoms with van der Waals surface area (Å²) in [6.07, 6.45) is 4.69. The predicted molar refractivity (Wildman–Crippen MR) is 64.4 cm³/mol. The monoisotopic (exact) mass is 286 g/mol. The van der Waals surface area contributed by atoms with E-state index in [0.717, 1.165) is 27.3 Å². The molecule has 1 aromatic heterocycles. The minimum atomic E-state index is 0.0886. The van der Waals surface area contributed by atoms with E-state index >= 15 is 0 Å². The minimum Gasteiger partial charge on any atom is -0.333 e. The number of hydrogen-bond donors (Lipinski definition) is 0. The molecule has 15 heavy (non-hydrogen) atoms. The Morgan fingerprint density at radius 1 is 1.67 bits per heavy atom. The maximum atomic E-state index is 12.0. The van der Waals surface area contributed by atoms with E-state index in [2.05, 4.69) is 27.0 Å². The fraction of sp³-hybridized carbons (Fsp3) is 0.400. The predicted octanol–water partition coefficient (Wildman–Crippen LogP) is 2.58. The second-order valence-electron chi connectivity index (χ2n) is 3.41. The van der Waals surface area contributed by atoms with Crippen LogP contribution in [-0.4, -0.2) is 28.9 Å². The summed E-state index contributed by atoms with van der Waals surface area (Å²) >= 11 is 4.88. The van der Waals surface area contributed by atoms with Crippen molar-refractivity contribution in [3.63, 3.8) is 0 Å². The molecule has 1 amide bonds. The van der Waals surface area contributed by atoms with Gasteiger partial charge in [0.05, 0.1) is 17.7 Å².